The molecule has 0 saturated carbocycles. The number of sulfonamides is 1. The highest BCUT2D eigenvalue weighted by atomic mass is 32.2. The quantitative estimate of drug-likeness (QED) is 0.635. The first-order valence-corrected chi connectivity index (χ1v) is 12.3. The lowest BCUT2D eigenvalue weighted by Crippen LogP contribution is -2.29. The lowest BCUT2D eigenvalue weighted by atomic mass is 9.99. The van der Waals surface area contributed by atoms with Crippen molar-refractivity contribution in [1.29, 1.82) is 0 Å². The molecule has 0 spiro atoms. The summed E-state index contributed by atoms with van der Waals surface area (Å²) in [6.45, 7) is 5.21. The van der Waals surface area contributed by atoms with Gasteiger partial charge in [0.1, 0.15) is 5.75 Å². The second-order valence-corrected chi connectivity index (χ2v) is 9.91. The predicted molar refractivity (Wildman–Crippen MR) is 122 cm³/mol. The molecule has 1 aliphatic heterocycles. The summed E-state index contributed by atoms with van der Waals surface area (Å²) in [5.41, 5.74) is 2.99. The maximum absolute atomic E-state index is 12.9. The molecular formula is C24H32N2O4S. The van der Waals surface area contributed by atoms with E-state index in [9.17, 15) is 13.2 Å². The Morgan fingerprint density at radius 1 is 1.16 bits per heavy atom. The molecule has 2 aromatic carbocycles. The van der Waals surface area contributed by atoms with Crippen LogP contribution in [-0.2, 0) is 21.2 Å². The highest BCUT2D eigenvalue weighted by Crippen LogP contribution is 2.27. The number of carbonyl (C=O) groups is 1. The highest BCUT2D eigenvalue weighted by molar-refractivity contribution is 7.89. The Kier molecular flexibility index (Phi) is 7.73. The Labute approximate surface area is 185 Å². The zero-order valence-corrected chi connectivity index (χ0v) is 19.4. The van der Waals surface area contributed by atoms with Crippen molar-refractivity contribution < 1.29 is 17.9 Å². The summed E-state index contributed by atoms with van der Waals surface area (Å²) < 4.78 is 32.8. The van der Waals surface area contributed by atoms with Crippen LogP contribution in [0.1, 0.15) is 55.3 Å². The Balaban J connectivity index is 1.71. The standard InChI is InChI=1S/C24H32N2O4S/c1-4-22(21-10-6-5-9-18(21)2)25-24(27)14-11-19-17-20(12-13-23(19)30-3)31(28,29)26-15-7-8-16-26/h5-6,9-10,12-13,17,22H,4,7-8,11,14-16H2,1-3H3,(H,25,27). The molecule has 1 saturated heterocycles. The van der Waals surface area contributed by atoms with E-state index in [0.29, 0.717) is 25.3 Å². The van der Waals surface area contributed by atoms with Gasteiger partial charge in [0, 0.05) is 19.5 Å². The van der Waals surface area contributed by atoms with Crippen molar-refractivity contribution in [3.05, 3.63) is 59.2 Å². The van der Waals surface area contributed by atoms with Crippen molar-refractivity contribution in [2.24, 2.45) is 0 Å². The van der Waals surface area contributed by atoms with Crippen molar-refractivity contribution >= 4 is 15.9 Å². The van der Waals surface area contributed by atoms with E-state index in [4.69, 9.17) is 4.74 Å². The number of carbonyl (C=O) groups excluding carboxylic acids is 1. The number of methoxy groups -OCH3 is 1. The molecule has 1 amide bonds. The number of benzene rings is 2. The van der Waals surface area contributed by atoms with E-state index in [0.717, 1.165) is 36.0 Å². The number of hydrogen-bond donors (Lipinski definition) is 1. The van der Waals surface area contributed by atoms with Gasteiger partial charge < -0.3 is 10.1 Å². The number of aryl methyl sites for hydroxylation is 2. The molecule has 6 nitrogen and oxygen atoms in total. The molecule has 0 aromatic heterocycles. The molecule has 1 fully saturated rings. The maximum Gasteiger partial charge on any atom is 0.243 e. The second-order valence-electron chi connectivity index (χ2n) is 7.97. The Bertz CT molecular complexity index is 1010. The third-order valence-corrected chi connectivity index (χ3v) is 7.78. The predicted octanol–water partition coefficient (Wildman–Crippen LogP) is 3.99. The second kappa shape index (κ2) is 10.3. The van der Waals surface area contributed by atoms with Gasteiger partial charge in [0.25, 0.3) is 0 Å². The Hall–Kier alpha value is -2.38. The summed E-state index contributed by atoms with van der Waals surface area (Å²) in [5, 5.41) is 3.11. The van der Waals surface area contributed by atoms with Crippen LogP contribution < -0.4 is 10.1 Å². The van der Waals surface area contributed by atoms with Crippen molar-refractivity contribution in [3.8, 4) is 5.75 Å². The monoisotopic (exact) mass is 444 g/mol. The van der Waals surface area contributed by atoms with Gasteiger partial charge in [0.05, 0.1) is 18.0 Å². The van der Waals surface area contributed by atoms with Crippen LogP contribution in [0.2, 0.25) is 0 Å². The molecule has 1 unspecified atom stereocenters. The fraction of sp³-hybridized carbons (Fsp3) is 0.458. The largest absolute Gasteiger partial charge is 0.496 e. The van der Waals surface area contributed by atoms with Gasteiger partial charge in [-0.1, -0.05) is 31.2 Å². The molecule has 3 rings (SSSR count). The Morgan fingerprint density at radius 3 is 2.52 bits per heavy atom. The molecule has 1 atom stereocenters. The molecule has 0 bridgehead atoms. The van der Waals surface area contributed by atoms with Crippen LogP contribution >= 0.6 is 0 Å². The van der Waals surface area contributed by atoms with Gasteiger partial charge in [-0.2, -0.15) is 4.31 Å². The number of nitrogens with one attached hydrogen (secondary N) is 1. The molecule has 1 N–H and O–H groups in total. The van der Waals surface area contributed by atoms with Crippen LogP contribution in [0.25, 0.3) is 0 Å². The zero-order valence-electron chi connectivity index (χ0n) is 18.6. The summed E-state index contributed by atoms with van der Waals surface area (Å²) in [6.07, 6.45) is 3.24. The summed E-state index contributed by atoms with van der Waals surface area (Å²) in [5.74, 6) is 0.532. The van der Waals surface area contributed by atoms with E-state index in [1.54, 1.807) is 25.3 Å². The number of rotatable bonds is 9. The first-order valence-electron chi connectivity index (χ1n) is 10.9. The zero-order chi connectivity index (χ0) is 22.4. The van der Waals surface area contributed by atoms with Gasteiger partial charge >= 0.3 is 0 Å². The van der Waals surface area contributed by atoms with Crippen LogP contribution in [0.3, 0.4) is 0 Å². The molecular weight excluding hydrogens is 412 g/mol. The van der Waals surface area contributed by atoms with Crippen molar-refractivity contribution in [1.82, 2.24) is 9.62 Å². The fourth-order valence-electron chi connectivity index (χ4n) is 4.08. The van der Waals surface area contributed by atoms with E-state index < -0.39 is 10.0 Å². The van der Waals surface area contributed by atoms with Crippen LogP contribution in [0, 0.1) is 6.92 Å². The maximum atomic E-state index is 12.9. The summed E-state index contributed by atoms with van der Waals surface area (Å²) >= 11 is 0. The smallest absolute Gasteiger partial charge is 0.243 e. The minimum atomic E-state index is -3.51. The third-order valence-electron chi connectivity index (χ3n) is 5.88. The van der Waals surface area contributed by atoms with Gasteiger partial charge in [-0.3, -0.25) is 4.79 Å². The molecule has 168 valence electrons. The van der Waals surface area contributed by atoms with E-state index >= 15 is 0 Å². The van der Waals surface area contributed by atoms with Crippen LogP contribution in [0.15, 0.2) is 47.4 Å². The Morgan fingerprint density at radius 2 is 1.87 bits per heavy atom. The van der Waals surface area contributed by atoms with Crippen molar-refractivity contribution in [3.63, 3.8) is 0 Å². The lowest BCUT2D eigenvalue weighted by Gasteiger charge is -2.20. The molecule has 1 aliphatic rings. The van der Waals surface area contributed by atoms with Gasteiger partial charge in [0.2, 0.25) is 15.9 Å². The summed E-state index contributed by atoms with van der Waals surface area (Å²) in [7, 11) is -1.96. The number of nitrogens with zero attached hydrogens (tertiary/aromatic N) is 1. The van der Waals surface area contributed by atoms with Crippen molar-refractivity contribution in [2.75, 3.05) is 20.2 Å². The topological polar surface area (TPSA) is 75.7 Å². The first-order chi connectivity index (χ1) is 14.9. The van der Waals surface area contributed by atoms with Gasteiger partial charge in [-0.15, -0.1) is 0 Å². The van der Waals surface area contributed by atoms with E-state index in [1.165, 1.54) is 4.31 Å². The van der Waals surface area contributed by atoms with E-state index in [1.807, 2.05) is 38.1 Å². The molecule has 2 aromatic rings. The van der Waals surface area contributed by atoms with E-state index in [-0.39, 0.29) is 23.3 Å². The number of ether oxygens (including phenoxy) is 1. The fourth-order valence-corrected chi connectivity index (χ4v) is 5.65. The van der Waals surface area contributed by atoms with Crippen LogP contribution in [-0.4, -0.2) is 38.8 Å². The number of amides is 1. The minimum absolute atomic E-state index is 0.0440. The average Bonchev–Trinajstić information content (AvgIpc) is 3.32. The molecule has 1 heterocycles. The molecule has 0 radical (unpaired) electrons. The molecule has 0 aliphatic carbocycles. The van der Waals surface area contributed by atoms with Gasteiger partial charge in [0.15, 0.2) is 0 Å². The summed E-state index contributed by atoms with van der Waals surface area (Å²) in [4.78, 5) is 12.9. The number of hydrogen-bond acceptors (Lipinski definition) is 4. The minimum Gasteiger partial charge on any atom is -0.496 e. The lowest BCUT2D eigenvalue weighted by molar-refractivity contribution is -0.121. The normalized spacial score (nSPS) is 15.6. The van der Waals surface area contributed by atoms with Crippen LogP contribution in [0.4, 0.5) is 0 Å². The molecule has 31 heavy (non-hydrogen) atoms. The highest BCUT2D eigenvalue weighted by Gasteiger charge is 2.28. The SMILES string of the molecule is CCC(NC(=O)CCc1cc(S(=O)(=O)N2CCCC2)ccc1OC)c1ccccc1C. The summed E-state index contributed by atoms with van der Waals surface area (Å²) in [6, 6.07) is 12.9. The first kappa shape index (κ1) is 23.3. The van der Waals surface area contributed by atoms with Gasteiger partial charge in [-0.05, 0) is 67.5 Å². The van der Waals surface area contributed by atoms with Gasteiger partial charge in [-0.25, -0.2) is 8.42 Å². The van der Waals surface area contributed by atoms with Crippen LogP contribution in [0.5, 0.6) is 5.75 Å². The average molecular weight is 445 g/mol. The van der Waals surface area contributed by atoms with E-state index in [2.05, 4.69) is 5.32 Å². The third kappa shape index (κ3) is 5.46. The molecule has 7 heteroatoms. The van der Waals surface area contributed by atoms with Crippen molar-refractivity contribution in [2.45, 2.75) is 56.9 Å².